The maximum absolute atomic E-state index is 12.0. The Labute approximate surface area is 101 Å². The average Bonchev–Trinajstić information content (AvgIpc) is 2.18. The van der Waals surface area contributed by atoms with Gasteiger partial charge in [-0.25, -0.2) is 0 Å². The van der Waals surface area contributed by atoms with Crippen LogP contribution in [0.5, 0.6) is 0 Å². The molecule has 0 aromatic heterocycles. The van der Waals surface area contributed by atoms with E-state index in [-0.39, 0.29) is 6.54 Å². The maximum atomic E-state index is 12.0. The SMILES string of the molecule is CCc1cc(Br)ccc1NCCC(F)(F)F. The van der Waals surface area contributed by atoms with E-state index in [0.29, 0.717) is 0 Å². The zero-order valence-electron chi connectivity index (χ0n) is 8.87. The van der Waals surface area contributed by atoms with Crippen molar-refractivity contribution in [2.24, 2.45) is 0 Å². The maximum Gasteiger partial charge on any atom is 0.390 e. The van der Waals surface area contributed by atoms with Crippen molar-refractivity contribution in [2.75, 3.05) is 11.9 Å². The summed E-state index contributed by atoms with van der Waals surface area (Å²) in [5.41, 5.74) is 1.78. The van der Waals surface area contributed by atoms with E-state index in [4.69, 9.17) is 0 Å². The van der Waals surface area contributed by atoms with Gasteiger partial charge >= 0.3 is 6.18 Å². The number of alkyl halides is 3. The zero-order chi connectivity index (χ0) is 12.2. The van der Waals surface area contributed by atoms with Gasteiger partial charge in [0.25, 0.3) is 0 Å². The molecule has 0 aliphatic carbocycles. The van der Waals surface area contributed by atoms with E-state index in [1.165, 1.54) is 0 Å². The normalized spacial score (nSPS) is 11.6. The Bertz CT molecular complexity index is 350. The fourth-order valence-corrected chi connectivity index (χ4v) is 1.77. The molecule has 1 N–H and O–H groups in total. The van der Waals surface area contributed by atoms with Crippen molar-refractivity contribution in [3.63, 3.8) is 0 Å². The molecule has 0 unspecified atom stereocenters. The number of anilines is 1. The number of halogens is 4. The largest absolute Gasteiger partial charge is 0.390 e. The second-order valence-electron chi connectivity index (χ2n) is 3.45. The Morgan fingerprint density at radius 3 is 2.56 bits per heavy atom. The molecule has 0 radical (unpaired) electrons. The zero-order valence-corrected chi connectivity index (χ0v) is 10.5. The van der Waals surface area contributed by atoms with Gasteiger partial charge in [-0.2, -0.15) is 13.2 Å². The van der Waals surface area contributed by atoms with Crippen LogP contribution in [0.25, 0.3) is 0 Å². The molecule has 1 rings (SSSR count). The van der Waals surface area contributed by atoms with E-state index in [2.05, 4.69) is 21.2 Å². The second-order valence-corrected chi connectivity index (χ2v) is 4.36. The first kappa shape index (κ1) is 13.4. The van der Waals surface area contributed by atoms with Crippen molar-refractivity contribution in [2.45, 2.75) is 25.9 Å². The Hall–Kier alpha value is -0.710. The van der Waals surface area contributed by atoms with Gasteiger partial charge in [0.2, 0.25) is 0 Å². The Morgan fingerprint density at radius 2 is 2.00 bits per heavy atom. The molecule has 5 heteroatoms. The summed E-state index contributed by atoms with van der Waals surface area (Å²) in [4.78, 5) is 0. The summed E-state index contributed by atoms with van der Waals surface area (Å²) in [6, 6.07) is 5.52. The van der Waals surface area contributed by atoms with Gasteiger partial charge in [-0.05, 0) is 30.2 Å². The number of nitrogens with one attached hydrogen (secondary N) is 1. The summed E-state index contributed by atoms with van der Waals surface area (Å²) >= 11 is 3.33. The molecule has 0 amide bonds. The van der Waals surface area contributed by atoms with Crippen molar-refractivity contribution in [3.8, 4) is 0 Å². The third kappa shape index (κ3) is 4.43. The predicted molar refractivity (Wildman–Crippen MR) is 62.7 cm³/mol. The molecule has 0 saturated heterocycles. The van der Waals surface area contributed by atoms with E-state index >= 15 is 0 Å². The van der Waals surface area contributed by atoms with Crippen molar-refractivity contribution >= 4 is 21.6 Å². The lowest BCUT2D eigenvalue weighted by Crippen LogP contribution is -2.15. The summed E-state index contributed by atoms with van der Waals surface area (Å²) in [7, 11) is 0. The van der Waals surface area contributed by atoms with Crippen LogP contribution in [0.2, 0.25) is 0 Å². The van der Waals surface area contributed by atoms with Gasteiger partial charge in [0.1, 0.15) is 0 Å². The van der Waals surface area contributed by atoms with Gasteiger partial charge in [0.05, 0.1) is 6.42 Å². The Kier molecular flexibility index (Phi) is 4.65. The smallest absolute Gasteiger partial charge is 0.384 e. The van der Waals surface area contributed by atoms with Gasteiger partial charge in [-0.15, -0.1) is 0 Å². The van der Waals surface area contributed by atoms with E-state index in [0.717, 1.165) is 22.1 Å². The quantitative estimate of drug-likeness (QED) is 0.869. The lowest BCUT2D eigenvalue weighted by atomic mass is 10.1. The molecular weight excluding hydrogens is 283 g/mol. The predicted octanol–water partition coefficient (Wildman–Crippen LogP) is 4.38. The van der Waals surface area contributed by atoms with Crippen LogP contribution in [0.4, 0.5) is 18.9 Å². The molecular formula is C11H13BrF3N. The van der Waals surface area contributed by atoms with Gasteiger partial charge in [-0.1, -0.05) is 22.9 Å². The summed E-state index contributed by atoms with van der Waals surface area (Å²) in [6.07, 6.45) is -4.13. The molecule has 1 aromatic rings. The van der Waals surface area contributed by atoms with Crippen LogP contribution >= 0.6 is 15.9 Å². The average molecular weight is 296 g/mol. The molecule has 0 atom stereocenters. The lowest BCUT2D eigenvalue weighted by molar-refractivity contribution is -0.131. The van der Waals surface area contributed by atoms with Crippen LogP contribution in [0.1, 0.15) is 18.9 Å². The van der Waals surface area contributed by atoms with Crippen molar-refractivity contribution in [1.29, 1.82) is 0 Å². The molecule has 0 aliphatic heterocycles. The highest BCUT2D eigenvalue weighted by Crippen LogP contribution is 2.23. The number of benzene rings is 1. The number of hydrogen-bond donors (Lipinski definition) is 1. The molecule has 16 heavy (non-hydrogen) atoms. The summed E-state index contributed by atoms with van der Waals surface area (Å²) in [5, 5.41) is 2.81. The van der Waals surface area contributed by atoms with Crippen molar-refractivity contribution in [3.05, 3.63) is 28.2 Å². The highest BCUT2D eigenvalue weighted by atomic mass is 79.9. The van der Waals surface area contributed by atoms with Crippen LogP contribution in [0, 0.1) is 0 Å². The first-order chi connectivity index (χ1) is 7.42. The van der Waals surface area contributed by atoms with E-state index in [1.807, 2.05) is 19.1 Å². The van der Waals surface area contributed by atoms with Crippen LogP contribution in [0.15, 0.2) is 22.7 Å². The molecule has 0 aliphatic rings. The Balaban J connectivity index is 2.60. The fourth-order valence-electron chi connectivity index (χ4n) is 1.37. The molecule has 1 aromatic carbocycles. The minimum Gasteiger partial charge on any atom is -0.384 e. The van der Waals surface area contributed by atoms with Crippen molar-refractivity contribution < 1.29 is 13.2 Å². The lowest BCUT2D eigenvalue weighted by Gasteiger charge is -2.12. The standard InChI is InChI=1S/C11H13BrF3N/c1-2-8-7-9(12)3-4-10(8)16-6-5-11(13,14)15/h3-4,7,16H,2,5-6H2,1H3. The Morgan fingerprint density at radius 1 is 1.31 bits per heavy atom. The van der Waals surface area contributed by atoms with Gasteiger partial charge in [-0.3, -0.25) is 0 Å². The van der Waals surface area contributed by atoms with Gasteiger partial charge < -0.3 is 5.32 Å². The number of rotatable bonds is 4. The molecule has 0 bridgehead atoms. The first-order valence-electron chi connectivity index (χ1n) is 5.01. The molecule has 0 heterocycles. The van der Waals surface area contributed by atoms with Crippen LogP contribution < -0.4 is 5.32 Å². The third-order valence-corrected chi connectivity index (χ3v) is 2.67. The van der Waals surface area contributed by atoms with Crippen LogP contribution in [0.3, 0.4) is 0 Å². The number of hydrogen-bond acceptors (Lipinski definition) is 1. The first-order valence-corrected chi connectivity index (χ1v) is 5.80. The topological polar surface area (TPSA) is 12.0 Å². The highest BCUT2D eigenvalue weighted by Gasteiger charge is 2.26. The van der Waals surface area contributed by atoms with Crippen LogP contribution in [-0.2, 0) is 6.42 Å². The van der Waals surface area contributed by atoms with Gasteiger partial charge in [0, 0.05) is 16.7 Å². The summed E-state index contributed by atoms with van der Waals surface area (Å²) in [5.74, 6) is 0. The van der Waals surface area contributed by atoms with E-state index in [1.54, 1.807) is 6.07 Å². The molecule has 1 nitrogen and oxygen atoms in total. The van der Waals surface area contributed by atoms with E-state index in [9.17, 15) is 13.2 Å². The minimum atomic E-state index is -4.10. The fraction of sp³-hybridized carbons (Fsp3) is 0.455. The summed E-state index contributed by atoms with van der Waals surface area (Å²) in [6.45, 7) is 1.88. The molecule has 0 saturated carbocycles. The highest BCUT2D eigenvalue weighted by molar-refractivity contribution is 9.10. The van der Waals surface area contributed by atoms with Crippen LogP contribution in [-0.4, -0.2) is 12.7 Å². The second kappa shape index (κ2) is 5.57. The summed E-state index contributed by atoms with van der Waals surface area (Å²) < 4.78 is 36.8. The number of aryl methyl sites for hydroxylation is 1. The third-order valence-electron chi connectivity index (χ3n) is 2.17. The van der Waals surface area contributed by atoms with Crippen molar-refractivity contribution in [1.82, 2.24) is 0 Å². The molecule has 0 fully saturated rings. The minimum absolute atomic E-state index is 0.0852. The van der Waals surface area contributed by atoms with E-state index < -0.39 is 12.6 Å². The molecule has 0 spiro atoms. The monoisotopic (exact) mass is 295 g/mol. The molecule has 90 valence electrons. The van der Waals surface area contributed by atoms with Gasteiger partial charge in [0.15, 0.2) is 0 Å².